The fraction of sp³-hybridized carbons (Fsp3) is 0.833. The zero-order valence-corrected chi connectivity index (χ0v) is 10.8. The van der Waals surface area contributed by atoms with Gasteiger partial charge in [-0.25, -0.2) is 0 Å². The van der Waals surface area contributed by atoms with Crippen molar-refractivity contribution in [1.82, 2.24) is 24.6 Å². The van der Waals surface area contributed by atoms with Gasteiger partial charge in [0.2, 0.25) is 0 Å². The van der Waals surface area contributed by atoms with Gasteiger partial charge < -0.3 is 9.47 Å². The molecule has 1 aromatic heterocycles. The number of fused-ring (bicyclic) bond motifs is 1. The molecule has 94 valence electrons. The summed E-state index contributed by atoms with van der Waals surface area (Å²) in [5, 5.41) is 8.81. The Bertz CT molecular complexity index is 392. The van der Waals surface area contributed by atoms with E-state index >= 15 is 0 Å². The maximum Gasteiger partial charge on any atom is 0.147 e. The summed E-state index contributed by atoms with van der Waals surface area (Å²) >= 11 is 0. The topological polar surface area (TPSA) is 37.2 Å². The van der Waals surface area contributed by atoms with Crippen LogP contribution in [0.15, 0.2) is 0 Å². The van der Waals surface area contributed by atoms with Gasteiger partial charge in [-0.1, -0.05) is 0 Å². The van der Waals surface area contributed by atoms with Gasteiger partial charge in [0.15, 0.2) is 0 Å². The number of likely N-dealkylation sites (N-methyl/N-ethyl adjacent to an activating group) is 1. The molecular weight excluding hydrogens is 214 g/mol. The molecule has 5 nitrogen and oxygen atoms in total. The molecule has 17 heavy (non-hydrogen) atoms. The standard InChI is InChI=1S/C12H21N5/c1-15-5-3-10(4-6-15)12-14-13-11-9-16(2)7-8-17(11)12/h10H,3-9H2,1-2H3. The van der Waals surface area contributed by atoms with E-state index in [0.29, 0.717) is 5.92 Å². The van der Waals surface area contributed by atoms with Crippen LogP contribution >= 0.6 is 0 Å². The van der Waals surface area contributed by atoms with Crippen LogP contribution in [0.25, 0.3) is 0 Å². The minimum Gasteiger partial charge on any atom is -0.312 e. The van der Waals surface area contributed by atoms with Crippen LogP contribution in [-0.4, -0.2) is 58.3 Å². The number of likely N-dealkylation sites (tertiary alicyclic amines) is 1. The lowest BCUT2D eigenvalue weighted by molar-refractivity contribution is 0.236. The number of hydrogen-bond donors (Lipinski definition) is 0. The summed E-state index contributed by atoms with van der Waals surface area (Å²) in [6.45, 7) is 5.49. The Hall–Kier alpha value is -0.940. The van der Waals surface area contributed by atoms with Crippen LogP contribution in [0, 0.1) is 0 Å². The van der Waals surface area contributed by atoms with Crippen molar-refractivity contribution < 1.29 is 0 Å². The Balaban J connectivity index is 1.80. The molecule has 0 N–H and O–H groups in total. The minimum atomic E-state index is 0.621. The SMILES string of the molecule is CN1CCC(c2nnc3n2CCN(C)C3)CC1. The van der Waals surface area contributed by atoms with Crippen molar-refractivity contribution in [3.8, 4) is 0 Å². The Morgan fingerprint density at radius 2 is 1.71 bits per heavy atom. The molecule has 2 aliphatic rings. The highest BCUT2D eigenvalue weighted by molar-refractivity contribution is 5.05. The van der Waals surface area contributed by atoms with Crippen molar-refractivity contribution in [1.29, 1.82) is 0 Å². The summed E-state index contributed by atoms with van der Waals surface area (Å²) < 4.78 is 2.36. The smallest absolute Gasteiger partial charge is 0.147 e. The molecule has 0 unspecified atom stereocenters. The summed E-state index contributed by atoms with van der Waals surface area (Å²) in [6, 6.07) is 0. The lowest BCUT2D eigenvalue weighted by atomic mass is 9.96. The van der Waals surface area contributed by atoms with Gasteiger partial charge in [-0.3, -0.25) is 4.90 Å². The van der Waals surface area contributed by atoms with Crippen molar-refractivity contribution in [2.45, 2.75) is 31.8 Å². The average molecular weight is 235 g/mol. The highest BCUT2D eigenvalue weighted by atomic mass is 15.3. The molecule has 1 aromatic rings. The lowest BCUT2D eigenvalue weighted by Gasteiger charge is -2.30. The molecule has 3 heterocycles. The van der Waals surface area contributed by atoms with E-state index in [1.165, 1.54) is 31.8 Å². The van der Waals surface area contributed by atoms with Crippen molar-refractivity contribution in [2.75, 3.05) is 33.7 Å². The molecule has 1 fully saturated rings. The van der Waals surface area contributed by atoms with E-state index in [-0.39, 0.29) is 0 Å². The first kappa shape index (κ1) is 11.2. The van der Waals surface area contributed by atoms with E-state index in [4.69, 9.17) is 0 Å². The van der Waals surface area contributed by atoms with E-state index in [0.717, 1.165) is 25.5 Å². The molecule has 0 saturated carbocycles. The van der Waals surface area contributed by atoms with Crippen molar-refractivity contribution in [3.63, 3.8) is 0 Å². The third-order valence-corrected chi connectivity index (χ3v) is 4.06. The normalized spacial score (nSPS) is 23.9. The Morgan fingerprint density at radius 3 is 2.47 bits per heavy atom. The molecule has 0 radical (unpaired) electrons. The molecular formula is C12H21N5. The van der Waals surface area contributed by atoms with Crippen LogP contribution in [-0.2, 0) is 13.1 Å². The van der Waals surface area contributed by atoms with Gasteiger partial charge in [-0.15, -0.1) is 10.2 Å². The Morgan fingerprint density at radius 1 is 0.941 bits per heavy atom. The van der Waals surface area contributed by atoms with Gasteiger partial charge in [0, 0.05) is 19.0 Å². The number of aromatic nitrogens is 3. The molecule has 3 rings (SSSR count). The van der Waals surface area contributed by atoms with Crippen LogP contribution < -0.4 is 0 Å². The first-order valence-corrected chi connectivity index (χ1v) is 6.53. The third-order valence-electron chi connectivity index (χ3n) is 4.06. The molecule has 0 spiro atoms. The molecule has 1 saturated heterocycles. The highest BCUT2D eigenvalue weighted by Crippen LogP contribution is 2.27. The van der Waals surface area contributed by atoms with E-state index < -0.39 is 0 Å². The van der Waals surface area contributed by atoms with Crippen LogP contribution in [0.3, 0.4) is 0 Å². The maximum atomic E-state index is 4.45. The van der Waals surface area contributed by atoms with E-state index in [1.54, 1.807) is 0 Å². The van der Waals surface area contributed by atoms with Gasteiger partial charge >= 0.3 is 0 Å². The van der Waals surface area contributed by atoms with Crippen LogP contribution in [0.2, 0.25) is 0 Å². The van der Waals surface area contributed by atoms with E-state index in [9.17, 15) is 0 Å². The first-order chi connectivity index (χ1) is 8.24. The molecule has 5 heteroatoms. The van der Waals surface area contributed by atoms with Crippen molar-refractivity contribution in [3.05, 3.63) is 11.6 Å². The first-order valence-electron chi connectivity index (χ1n) is 6.53. The molecule has 0 atom stereocenters. The van der Waals surface area contributed by atoms with Crippen molar-refractivity contribution in [2.24, 2.45) is 0 Å². The highest BCUT2D eigenvalue weighted by Gasteiger charge is 2.26. The van der Waals surface area contributed by atoms with Gasteiger partial charge in [-0.2, -0.15) is 0 Å². The summed E-state index contributed by atoms with van der Waals surface area (Å²) in [5.41, 5.74) is 0. The number of rotatable bonds is 1. The molecule has 0 amide bonds. The second-order valence-electron chi connectivity index (χ2n) is 5.44. The third kappa shape index (κ3) is 2.09. The lowest BCUT2D eigenvalue weighted by Crippen LogP contribution is -2.33. The fourth-order valence-corrected chi connectivity index (χ4v) is 2.87. The largest absolute Gasteiger partial charge is 0.312 e. The molecule has 0 aliphatic carbocycles. The zero-order valence-electron chi connectivity index (χ0n) is 10.8. The molecule has 0 bridgehead atoms. The summed E-state index contributed by atoms with van der Waals surface area (Å²) in [5.74, 6) is 3.00. The fourth-order valence-electron chi connectivity index (χ4n) is 2.87. The summed E-state index contributed by atoms with van der Waals surface area (Å²) in [4.78, 5) is 4.71. The summed E-state index contributed by atoms with van der Waals surface area (Å²) in [7, 11) is 4.35. The number of hydrogen-bond acceptors (Lipinski definition) is 4. The van der Waals surface area contributed by atoms with Crippen LogP contribution in [0.1, 0.15) is 30.4 Å². The minimum absolute atomic E-state index is 0.621. The monoisotopic (exact) mass is 235 g/mol. The second-order valence-corrected chi connectivity index (χ2v) is 5.44. The predicted molar refractivity (Wildman–Crippen MR) is 65.8 cm³/mol. The van der Waals surface area contributed by atoms with Gasteiger partial charge in [0.05, 0.1) is 6.54 Å². The molecule has 2 aliphatic heterocycles. The van der Waals surface area contributed by atoms with E-state index in [2.05, 4.69) is 38.7 Å². The van der Waals surface area contributed by atoms with Gasteiger partial charge in [0.1, 0.15) is 11.6 Å². The second kappa shape index (κ2) is 4.38. The Labute approximate surface area is 102 Å². The zero-order chi connectivity index (χ0) is 11.8. The molecule has 0 aromatic carbocycles. The van der Waals surface area contributed by atoms with Crippen LogP contribution in [0.5, 0.6) is 0 Å². The van der Waals surface area contributed by atoms with Gasteiger partial charge in [-0.05, 0) is 40.0 Å². The van der Waals surface area contributed by atoms with Crippen molar-refractivity contribution >= 4 is 0 Å². The summed E-state index contributed by atoms with van der Waals surface area (Å²) in [6.07, 6.45) is 2.45. The maximum absolute atomic E-state index is 4.45. The quantitative estimate of drug-likeness (QED) is 0.712. The average Bonchev–Trinajstić information content (AvgIpc) is 2.73. The number of nitrogens with zero attached hydrogens (tertiary/aromatic N) is 5. The van der Waals surface area contributed by atoms with Crippen LogP contribution in [0.4, 0.5) is 0 Å². The van der Waals surface area contributed by atoms with E-state index in [1.807, 2.05) is 0 Å². The number of piperidine rings is 1. The van der Waals surface area contributed by atoms with Gasteiger partial charge in [0.25, 0.3) is 0 Å². The Kier molecular flexibility index (Phi) is 2.88. The predicted octanol–water partition coefficient (Wildman–Crippen LogP) is 0.533.